The van der Waals surface area contributed by atoms with Crippen LogP contribution >= 0.6 is 0 Å². The van der Waals surface area contributed by atoms with Crippen molar-refractivity contribution in [2.24, 2.45) is 0 Å². The molecule has 0 aliphatic carbocycles. The van der Waals surface area contributed by atoms with E-state index in [0.29, 0.717) is 36.9 Å². The summed E-state index contributed by atoms with van der Waals surface area (Å²) in [7, 11) is 0. The normalized spacial score (nSPS) is 15.4. The number of ether oxygens (including phenoxy) is 2. The van der Waals surface area contributed by atoms with Crippen LogP contribution in [0.25, 0.3) is 0 Å². The average Bonchev–Trinajstić information content (AvgIpc) is 2.65. The van der Waals surface area contributed by atoms with Gasteiger partial charge in [0.25, 0.3) is 5.91 Å². The van der Waals surface area contributed by atoms with Gasteiger partial charge >= 0.3 is 5.97 Å². The van der Waals surface area contributed by atoms with Gasteiger partial charge in [0.15, 0.2) is 17.6 Å². The summed E-state index contributed by atoms with van der Waals surface area (Å²) >= 11 is 0. The van der Waals surface area contributed by atoms with E-state index in [1.54, 1.807) is 11.8 Å². The number of hydrogen-bond donors (Lipinski definition) is 1. The summed E-state index contributed by atoms with van der Waals surface area (Å²) in [4.78, 5) is 29.6. The molecule has 0 bridgehead atoms. The number of aromatic nitrogens is 1. The molecule has 136 valence electrons. The van der Waals surface area contributed by atoms with Crippen molar-refractivity contribution >= 4 is 11.9 Å². The van der Waals surface area contributed by atoms with Crippen molar-refractivity contribution in [3.05, 3.63) is 53.3 Å². The molecular formula is C19H20N2O5. The number of carbonyl (C=O) groups is 2. The number of nitrogens with zero attached hydrogens (tertiary/aromatic N) is 2. The number of aromatic carboxylic acids is 1. The molecule has 1 aliphatic rings. The van der Waals surface area contributed by atoms with Crippen molar-refractivity contribution in [3.63, 3.8) is 0 Å². The van der Waals surface area contributed by atoms with Crippen LogP contribution in [-0.2, 0) is 0 Å². The van der Waals surface area contributed by atoms with Gasteiger partial charge in [0.05, 0.1) is 17.8 Å². The molecule has 1 aromatic heterocycles. The Balaban J connectivity index is 1.72. The number of likely N-dealkylation sites (N-methyl/N-ethyl adjacent to an activating group) is 1. The number of carbonyl (C=O) groups excluding carboxylic acids is 1. The molecule has 7 nitrogen and oxygen atoms in total. The summed E-state index contributed by atoms with van der Waals surface area (Å²) < 4.78 is 11.6. The predicted molar refractivity (Wildman–Crippen MR) is 93.9 cm³/mol. The number of amides is 1. The van der Waals surface area contributed by atoms with E-state index in [2.05, 4.69) is 4.98 Å². The molecule has 2 heterocycles. The number of carboxylic acids is 1. The number of benzene rings is 1. The lowest BCUT2D eigenvalue weighted by molar-refractivity contribution is 0.0470. The van der Waals surface area contributed by atoms with E-state index in [9.17, 15) is 9.59 Å². The fourth-order valence-electron chi connectivity index (χ4n) is 2.82. The molecule has 1 aromatic carbocycles. The molecule has 1 unspecified atom stereocenters. The summed E-state index contributed by atoms with van der Waals surface area (Å²) in [6.07, 6.45) is -0.284. The van der Waals surface area contributed by atoms with Gasteiger partial charge < -0.3 is 19.5 Å². The molecule has 2 aromatic rings. The number of para-hydroxylation sites is 2. The van der Waals surface area contributed by atoms with Gasteiger partial charge in [-0.1, -0.05) is 12.1 Å². The SMILES string of the molecule is CCN(CC1COc2ccccc2O1)C(=O)c1ccc(C(=O)O)c(C)n1. The molecule has 1 N–H and O–H groups in total. The highest BCUT2D eigenvalue weighted by atomic mass is 16.6. The smallest absolute Gasteiger partial charge is 0.337 e. The van der Waals surface area contributed by atoms with Crippen LogP contribution in [0.1, 0.15) is 33.5 Å². The van der Waals surface area contributed by atoms with Gasteiger partial charge in [0.1, 0.15) is 12.3 Å². The molecule has 1 amide bonds. The first kappa shape index (κ1) is 17.7. The zero-order chi connectivity index (χ0) is 18.7. The Labute approximate surface area is 151 Å². The third-order valence-electron chi connectivity index (χ3n) is 4.20. The minimum atomic E-state index is -1.06. The Morgan fingerprint density at radius 3 is 2.62 bits per heavy atom. The molecule has 3 rings (SSSR count). The largest absolute Gasteiger partial charge is 0.486 e. The highest BCUT2D eigenvalue weighted by molar-refractivity contribution is 5.94. The lowest BCUT2D eigenvalue weighted by Gasteiger charge is -2.30. The lowest BCUT2D eigenvalue weighted by Crippen LogP contribution is -2.43. The summed E-state index contributed by atoms with van der Waals surface area (Å²) in [6, 6.07) is 10.3. The maximum atomic E-state index is 12.7. The fraction of sp³-hybridized carbons (Fsp3) is 0.316. The Morgan fingerprint density at radius 1 is 1.23 bits per heavy atom. The van der Waals surface area contributed by atoms with Crippen LogP contribution in [0.4, 0.5) is 0 Å². The van der Waals surface area contributed by atoms with E-state index in [1.807, 2.05) is 31.2 Å². The van der Waals surface area contributed by atoms with Crippen LogP contribution in [-0.4, -0.2) is 52.7 Å². The van der Waals surface area contributed by atoms with Gasteiger partial charge in [0, 0.05) is 6.54 Å². The van der Waals surface area contributed by atoms with E-state index >= 15 is 0 Å². The molecule has 0 saturated carbocycles. The van der Waals surface area contributed by atoms with Gasteiger partial charge in [-0.3, -0.25) is 4.79 Å². The van der Waals surface area contributed by atoms with Gasteiger partial charge in [-0.05, 0) is 38.1 Å². The Bertz CT molecular complexity index is 836. The molecule has 7 heteroatoms. The summed E-state index contributed by atoms with van der Waals surface area (Å²) in [5.41, 5.74) is 0.613. The Kier molecular flexibility index (Phi) is 5.06. The van der Waals surface area contributed by atoms with E-state index in [4.69, 9.17) is 14.6 Å². The van der Waals surface area contributed by atoms with E-state index in [0.717, 1.165) is 0 Å². The Morgan fingerprint density at radius 2 is 1.96 bits per heavy atom. The number of rotatable bonds is 5. The average molecular weight is 356 g/mol. The minimum absolute atomic E-state index is 0.0882. The first-order valence-corrected chi connectivity index (χ1v) is 8.38. The lowest BCUT2D eigenvalue weighted by atomic mass is 10.1. The van der Waals surface area contributed by atoms with Crippen LogP contribution in [0.3, 0.4) is 0 Å². The molecule has 1 atom stereocenters. The van der Waals surface area contributed by atoms with Crippen LogP contribution in [0, 0.1) is 6.92 Å². The van der Waals surface area contributed by atoms with Crippen molar-refractivity contribution < 1.29 is 24.2 Å². The van der Waals surface area contributed by atoms with Crippen LogP contribution in [0.5, 0.6) is 11.5 Å². The molecule has 0 spiro atoms. The molecule has 1 aliphatic heterocycles. The fourth-order valence-corrected chi connectivity index (χ4v) is 2.82. The maximum absolute atomic E-state index is 12.7. The quantitative estimate of drug-likeness (QED) is 0.885. The zero-order valence-corrected chi connectivity index (χ0v) is 14.6. The van der Waals surface area contributed by atoms with Crippen molar-refractivity contribution in [2.45, 2.75) is 20.0 Å². The van der Waals surface area contributed by atoms with Gasteiger partial charge in [-0.2, -0.15) is 0 Å². The second-order valence-corrected chi connectivity index (χ2v) is 5.98. The van der Waals surface area contributed by atoms with Gasteiger partial charge in [0.2, 0.25) is 0 Å². The van der Waals surface area contributed by atoms with Crippen molar-refractivity contribution in [1.29, 1.82) is 0 Å². The molecule has 0 saturated heterocycles. The summed E-state index contributed by atoms with van der Waals surface area (Å²) in [6.45, 7) is 4.62. The number of carboxylic acid groups (broad SMARTS) is 1. The third kappa shape index (κ3) is 3.61. The second-order valence-electron chi connectivity index (χ2n) is 5.98. The van der Waals surface area contributed by atoms with Crippen LogP contribution < -0.4 is 9.47 Å². The minimum Gasteiger partial charge on any atom is -0.486 e. The molecular weight excluding hydrogens is 336 g/mol. The number of aryl methyl sites for hydroxylation is 1. The number of fused-ring (bicyclic) bond motifs is 1. The highest BCUT2D eigenvalue weighted by Gasteiger charge is 2.26. The van der Waals surface area contributed by atoms with Gasteiger partial charge in [-0.15, -0.1) is 0 Å². The zero-order valence-electron chi connectivity index (χ0n) is 14.6. The van der Waals surface area contributed by atoms with E-state index < -0.39 is 5.97 Å². The van der Waals surface area contributed by atoms with Crippen molar-refractivity contribution in [1.82, 2.24) is 9.88 Å². The Hall–Kier alpha value is -3.09. The van der Waals surface area contributed by atoms with Crippen molar-refractivity contribution in [3.8, 4) is 11.5 Å². The topological polar surface area (TPSA) is 89.0 Å². The van der Waals surface area contributed by atoms with E-state index in [1.165, 1.54) is 12.1 Å². The second kappa shape index (κ2) is 7.43. The maximum Gasteiger partial charge on any atom is 0.337 e. The third-order valence-corrected chi connectivity index (χ3v) is 4.20. The first-order valence-electron chi connectivity index (χ1n) is 8.38. The standard InChI is InChI=1S/C19H20N2O5/c1-3-21(10-13-11-25-16-6-4-5-7-17(16)26-13)18(22)15-9-8-14(19(23)24)12(2)20-15/h4-9,13H,3,10-11H2,1-2H3,(H,23,24). The molecule has 26 heavy (non-hydrogen) atoms. The summed E-state index contributed by atoms with van der Waals surface area (Å²) in [5, 5.41) is 9.08. The predicted octanol–water partition coefficient (Wildman–Crippen LogP) is 2.39. The molecule has 0 radical (unpaired) electrons. The number of pyridine rings is 1. The van der Waals surface area contributed by atoms with E-state index in [-0.39, 0.29) is 23.3 Å². The van der Waals surface area contributed by atoms with Crippen LogP contribution in [0.15, 0.2) is 36.4 Å². The van der Waals surface area contributed by atoms with Gasteiger partial charge in [-0.25, -0.2) is 9.78 Å². The number of hydrogen-bond acceptors (Lipinski definition) is 5. The summed E-state index contributed by atoms with van der Waals surface area (Å²) in [5.74, 6) is 0.0227. The van der Waals surface area contributed by atoms with Crippen molar-refractivity contribution in [2.75, 3.05) is 19.7 Å². The first-order chi connectivity index (χ1) is 12.5. The van der Waals surface area contributed by atoms with Crippen LogP contribution in [0.2, 0.25) is 0 Å². The highest BCUT2D eigenvalue weighted by Crippen LogP contribution is 2.31. The molecule has 0 fully saturated rings. The monoisotopic (exact) mass is 356 g/mol.